The molecule has 0 bridgehead atoms. The molecule has 0 fully saturated rings. The molecule has 0 aliphatic heterocycles. The highest BCUT2D eigenvalue weighted by atomic mass is 16.6. The minimum Gasteiger partial charge on any atom is -0.444 e. The molecule has 0 saturated heterocycles. The predicted octanol–water partition coefficient (Wildman–Crippen LogP) is 4.33. The smallest absolute Gasteiger partial charge is 0.408 e. The average molecular weight is 503 g/mol. The van der Waals surface area contributed by atoms with E-state index in [1.807, 2.05) is 61.6 Å². The number of nitrogens with zero attached hydrogens (tertiary/aromatic N) is 4. The Bertz CT molecular complexity index is 1390. The number of hydrogen-bond donors (Lipinski definition) is 2. The van der Waals surface area contributed by atoms with Gasteiger partial charge < -0.3 is 19.8 Å². The quantitative estimate of drug-likeness (QED) is 0.385. The number of rotatable bonds is 7. The lowest BCUT2D eigenvalue weighted by atomic mass is 10.0. The van der Waals surface area contributed by atoms with Crippen LogP contribution >= 0.6 is 0 Å². The average Bonchev–Trinajstić information content (AvgIpc) is 3.49. The molecule has 2 heterocycles. The van der Waals surface area contributed by atoms with Gasteiger partial charge in [0.15, 0.2) is 0 Å². The van der Waals surface area contributed by atoms with Gasteiger partial charge in [0, 0.05) is 24.7 Å². The molecular weight excluding hydrogens is 472 g/mol. The van der Waals surface area contributed by atoms with Gasteiger partial charge in [-0.25, -0.2) is 4.79 Å². The van der Waals surface area contributed by atoms with Gasteiger partial charge in [-0.15, -0.1) is 10.2 Å². The summed E-state index contributed by atoms with van der Waals surface area (Å²) in [6.45, 7) is 7.17. The normalized spacial score (nSPS) is 12.1. The van der Waals surface area contributed by atoms with Gasteiger partial charge in [0.1, 0.15) is 11.6 Å². The fraction of sp³-hybridized carbons (Fsp3) is 0.296. The predicted molar refractivity (Wildman–Crippen MR) is 138 cm³/mol. The van der Waals surface area contributed by atoms with Crippen molar-refractivity contribution in [1.82, 2.24) is 30.6 Å². The first-order valence-corrected chi connectivity index (χ1v) is 11.9. The SMILES string of the molecule is CC(NC(=O)OC(C)(C)C)C(=O)NCc1cccc(-c2c(-c3nnc(-c4ccccc4)o3)cnn2C)c1. The summed E-state index contributed by atoms with van der Waals surface area (Å²) >= 11 is 0. The number of alkyl carbamates (subject to hydrolysis) is 1. The largest absolute Gasteiger partial charge is 0.444 e. The zero-order chi connectivity index (χ0) is 26.6. The van der Waals surface area contributed by atoms with Crippen LogP contribution in [0.5, 0.6) is 0 Å². The maximum atomic E-state index is 12.5. The van der Waals surface area contributed by atoms with E-state index in [2.05, 4.69) is 25.9 Å². The molecule has 0 radical (unpaired) electrons. The highest BCUT2D eigenvalue weighted by Crippen LogP contribution is 2.32. The third-order valence-electron chi connectivity index (χ3n) is 5.41. The molecule has 0 spiro atoms. The molecule has 2 aromatic heterocycles. The van der Waals surface area contributed by atoms with Gasteiger partial charge in [-0.3, -0.25) is 9.48 Å². The van der Waals surface area contributed by atoms with Crippen LogP contribution in [-0.4, -0.2) is 43.6 Å². The summed E-state index contributed by atoms with van der Waals surface area (Å²) in [4.78, 5) is 24.5. The number of ether oxygens (including phenoxy) is 1. The van der Waals surface area contributed by atoms with Gasteiger partial charge in [0.2, 0.25) is 11.8 Å². The van der Waals surface area contributed by atoms with E-state index in [0.717, 1.165) is 22.4 Å². The number of nitrogens with one attached hydrogen (secondary N) is 2. The maximum Gasteiger partial charge on any atom is 0.408 e. The minimum absolute atomic E-state index is 0.277. The second-order valence-electron chi connectivity index (χ2n) is 9.59. The van der Waals surface area contributed by atoms with E-state index in [1.165, 1.54) is 0 Å². The zero-order valence-electron chi connectivity index (χ0n) is 21.5. The van der Waals surface area contributed by atoms with Gasteiger partial charge in [-0.1, -0.05) is 36.4 Å². The van der Waals surface area contributed by atoms with Crippen molar-refractivity contribution in [2.75, 3.05) is 0 Å². The lowest BCUT2D eigenvalue weighted by Gasteiger charge is -2.21. The van der Waals surface area contributed by atoms with Crippen LogP contribution in [-0.2, 0) is 23.1 Å². The summed E-state index contributed by atoms with van der Waals surface area (Å²) in [7, 11) is 1.84. The van der Waals surface area contributed by atoms with Crippen molar-refractivity contribution >= 4 is 12.0 Å². The van der Waals surface area contributed by atoms with Crippen molar-refractivity contribution in [3.63, 3.8) is 0 Å². The molecule has 0 aliphatic carbocycles. The van der Waals surface area contributed by atoms with Crippen LogP contribution in [0, 0.1) is 0 Å². The molecule has 0 aliphatic rings. The van der Waals surface area contributed by atoms with E-state index in [1.54, 1.807) is 38.6 Å². The Balaban J connectivity index is 1.47. The Morgan fingerprint density at radius 1 is 1.03 bits per heavy atom. The van der Waals surface area contributed by atoms with Crippen LogP contribution < -0.4 is 10.6 Å². The Hall–Kier alpha value is -4.47. The molecule has 192 valence electrons. The van der Waals surface area contributed by atoms with Crippen molar-refractivity contribution in [3.05, 3.63) is 66.4 Å². The first kappa shape index (κ1) is 25.6. The van der Waals surface area contributed by atoms with Gasteiger partial charge in [-0.05, 0) is 51.5 Å². The molecular formula is C27H30N6O4. The number of aromatic nitrogens is 4. The molecule has 37 heavy (non-hydrogen) atoms. The number of carbonyl (C=O) groups excluding carboxylic acids is 2. The van der Waals surface area contributed by atoms with E-state index in [0.29, 0.717) is 17.3 Å². The molecule has 10 heteroatoms. The fourth-order valence-electron chi connectivity index (χ4n) is 3.69. The monoisotopic (exact) mass is 502 g/mol. The summed E-state index contributed by atoms with van der Waals surface area (Å²) in [6.07, 6.45) is 1.05. The standard InChI is InChI=1S/C27H30N6O4/c1-17(30-26(35)37-27(2,3)4)23(34)28-15-18-10-9-13-20(14-18)22-21(16-29-33(22)5)25-32-31-24(36-25)19-11-7-6-8-12-19/h6-14,16-17H,15H2,1-5H3,(H,28,34)(H,30,35). The molecule has 1 atom stereocenters. The van der Waals surface area contributed by atoms with Crippen LogP contribution in [0.1, 0.15) is 33.3 Å². The Kier molecular flexibility index (Phi) is 7.37. The molecule has 4 rings (SSSR count). The number of carbonyl (C=O) groups is 2. The fourth-order valence-corrected chi connectivity index (χ4v) is 3.69. The summed E-state index contributed by atoms with van der Waals surface area (Å²) < 4.78 is 12.9. The van der Waals surface area contributed by atoms with Gasteiger partial charge in [-0.2, -0.15) is 5.10 Å². The van der Waals surface area contributed by atoms with Crippen LogP contribution in [0.15, 0.2) is 65.2 Å². The van der Waals surface area contributed by atoms with Crippen molar-refractivity contribution in [2.45, 2.75) is 45.9 Å². The number of aryl methyl sites for hydroxylation is 1. The second-order valence-corrected chi connectivity index (χ2v) is 9.59. The molecule has 2 amide bonds. The van der Waals surface area contributed by atoms with Crippen molar-refractivity contribution in [3.8, 4) is 34.2 Å². The first-order chi connectivity index (χ1) is 17.6. The number of benzene rings is 2. The van der Waals surface area contributed by atoms with E-state index < -0.39 is 17.7 Å². The summed E-state index contributed by atoms with van der Waals surface area (Å²) in [5.41, 5.74) is 3.44. The summed E-state index contributed by atoms with van der Waals surface area (Å²) in [5.74, 6) is 0.468. The van der Waals surface area contributed by atoms with Crippen molar-refractivity contribution < 1.29 is 18.7 Å². The molecule has 4 aromatic rings. The van der Waals surface area contributed by atoms with E-state index in [9.17, 15) is 9.59 Å². The topological polar surface area (TPSA) is 124 Å². The van der Waals surface area contributed by atoms with E-state index in [4.69, 9.17) is 9.15 Å². The number of amides is 2. The molecule has 2 aromatic carbocycles. The third kappa shape index (κ3) is 6.40. The first-order valence-electron chi connectivity index (χ1n) is 11.9. The molecule has 1 unspecified atom stereocenters. The lowest BCUT2D eigenvalue weighted by Crippen LogP contribution is -2.46. The van der Waals surface area contributed by atoms with E-state index >= 15 is 0 Å². The zero-order valence-corrected chi connectivity index (χ0v) is 21.5. The maximum absolute atomic E-state index is 12.5. The van der Waals surface area contributed by atoms with Gasteiger partial charge in [0.05, 0.1) is 17.5 Å². The lowest BCUT2D eigenvalue weighted by molar-refractivity contribution is -0.122. The van der Waals surface area contributed by atoms with Crippen molar-refractivity contribution in [2.24, 2.45) is 7.05 Å². The van der Waals surface area contributed by atoms with Gasteiger partial charge >= 0.3 is 6.09 Å². The van der Waals surface area contributed by atoms with Crippen LogP contribution in [0.3, 0.4) is 0 Å². The summed E-state index contributed by atoms with van der Waals surface area (Å²) in [6, 6.07) is 16.5. The molecule has 2 N–H and O–H groups in total. The van der Waals surface area contributed by atoms with E-state index in [-0.39, 0.29) is 12.5 Å². The van der Waals surface area contributed by atoms with Gasteiger partial charge in [0.25, 0.3) is 5.89 Å². The van der Waals surface area contributed by atoms with Crippen LogP contribution in [0.4, 0.5) is 4.79 Å². The second kappa shape index (κ2) is 10.7. The third-order valence-corrected chi connectivity index (χ3v) is 5.41. The molecule has 10 nitrogen and oxygen atoms in total. The summed E-state index contributed by atoms with van der Waals surface area (Å²) in [5, 5.41) is 18.2. The van der Waals surface area contributed by atoms with Crippen LogP contribution in [0.2, 0.25) is 0 Å². The Morgan fingerprint density at radius 3 is 2.46 bits per heavy atom. The van der Waals surface area contributed by atoms with Crippen molar-refractivity contribution in [1.29, 1.82) is 0 Å². The highest BCUT2D eigenvalue weighted by molar-refractivity contribution is 5.85. The minimum atomic E-state index is -0.752. The van der Waals surface area contributed by atoms with Crippen LogP contribution in [0.25, 0.3) is 34.2 Å². The Morgan fingerprint density at radius 2 is 1.73 bits per heavy atom. The number of hydrogen-bond acceptors (Lipinski definition) is 7. The highest BCUT2D eigenvalue weighted by Gasteiger charge is 2.22. The Labute approximate surface area is 215 Å². The molecule has 0 saturated carbocycles.